The maximum Gasteiger partial charge on any atom is 0.306 e. The molecule has 0 aromatic heterocycles. The van der Waals surface area contributed by atoms with Gasteiger partial charge in [-0.05, 0) is 30.5 Å². The third kappa shape index (κ3) is 2.49. The minimum atomic E-state index is -0.796. The molecule has 0 bridgehead atoms. The quantitative estimate of drug-likeness (QED) is 0.773. The van der Waals surface area contributed by atoms with E-state index < -0.39 is 5.97 Å². The van der Waals surface area contributed by atoms with E-state index in [0.717, 1.165) is 11.1 Å². The van der Waals surface area contributed by atoms with Gasteiger partial charge in [-0.1, -0.05) is 19.1 Å². The fourth-order valence-corrected chi connectivity index (χ4v) is 1.29. The molecule has 0 amide bonds. The van der Waals surface area contributed by atoms with Crippen molar-refractivity contribution in [1.82, 2.24) is 0 Å². The van der Waals surface area contributed by atoms with E-state index >= 15 is 0 Å². The molecule has 0 radical (unpaired) electrons. The summed E-state index contributed by atoms with van der Waals surface area (Å²) in [5.74, 6) is -0.939. The summed E-state index contributed by atoms with van der Waals surface area (Å²) in [4.78, 5) is 10.6. The smallest absolute Gasteiger partial charge is 0.306 e. The highest BCUT2D eigenvalue weighted by Gasteiger charge is 2.11. The first kappa shape index (κ1) is 10.6. The molecule has 0 aliphatic carbocycles. The minimum Gasteiger partial charge on any atom is -0.508 e. The Morgan fingerprint density at radius 3 is 2.64 bits per heavy atom. The third-order valence-electron chi connectivity index (χ3n) is 2.22. The molecule has 0 heterocycles. The van der Waals surface area contributed by atoms with Gasteiger partial charge in [0.05, 0.1) is 5.92 Å². The number of carboxylic acids is 1. The number of aryl methyl sites for hydroxylation is 1. The summed E-state index contributed by atoms with van der Waals surface area (Å²) in [6, 6.07) is 5.16. The molecule has 0 fully saturated rings. The van der Waals surface area contributed by atoms with E-state index in [1.54, 1.807) is 26.0 Å². The number of rotatable bonds is 3. The Bertz CT molecular complexity index is 344. The normalized spacial score (nSPS) is 12.4. The first-order valence-electron chi connectivity index (χ1n) is 4.52. The van der Waals surface area contributed by atoms with Gasteiger partial charge in [0, 0.05) is 0 Å². The monoisotopic (exact) mass is 194 g/mol. The van der Waals surface area contributed by atoms with E-state index in [1.807, 2.05) is 6.07 Å². The number of phenols is 1. The number of carbonyl (C=O) groups is 1. The number of carboxylic acid groups (broad SMARTS) is 1. The van der Waals surface area contributed by atoms with Crippen LogP contribution in [-0.2, 0) is 11.2 Å². The Hall–Kier alpha value is -1.51. The molecule has 76 valence electrons. The number of hydrogen-bond donors (Lipinski definition) is 2. The predicted molar refractivity (Wildman–Crippen MR) is 53.3 cm³/mol. The Morgan fingerprint density at radius 2 is 2.14 bits per heavy atom. The Labute approximate surface area is 83.0 Å². The zero-order valence-electron chi connectivity index (χ0n) is 8.32. The summed E-state index contributed by atoms with van der Waals surface area (Å²) in [6.07, 6.45) is 0.496. The van der Waals surface area contributed by atoms with Crippen LogP contribution in [0.2, 0.25) is 0 Å². The summed E-state index contributed by atoms with van der Waals surface area (Å²) in [7, 11) is 0. The second-order valence-corrected chi connectivity index (χ2v) is 3.56. The van der Waals surface area contributed by atoms with Crippen LogP contribution < -0.4 is 0 Å². The van der Waals surface area contributed by atoms with E-state index in [4.69, 9.17) is 5.11 Å². The van der Waals surface area contributed by atoms with Gasteiger partial charge in [0.2, 0.25) is 0 Å². The molecular formula is C11H14O3. The average molecular weight is 194 g/mol. The maximum absolute atomic E-state index is 10.6. The van der Waals surface area contributed by atoms with Gasteiger partial charge in [-0.15, -0.1) is 0 Å². The fraction of sp³-hybridized carbons (Fsp3) is 0.364. The lowest BCUT2D eigenvalue weighted by molar-refractivity contribution is -0.141. The standard InChI is InChI=1S/C11H14O3/c1-7-5-9(3-4-10(7)12)6-8(2)11(13)14/h3-5,8,12H,6H2,1-2H3,(H,13,14). The molecule has 1 aromatic rings. The molecule has 14 heavy (non-hydrogen) atoms. The van der Waals surface area contributed by atoms with Gasteiger partial charge in [-0.25, -0.2) is 0 Å². The van der Waals surface area contributed by atoms with Gasteiger partial charge in [0.25, 0.3) is 0 Å². The van der Waals surface area contributed by atoms with Crippen LogP contribution in [-0.4, -0.2) is 16.2 Å². The summed E-state index contributed by atoms with van der Waals surface area (Å²) in [5.41, 5.74) is 1.72. The molecule has 2 N–H and O–H groups in total. The molecule has 3 heteroatoms. The molecule has 0 saturated heterocycles. The molecule has 0 spiro atoms. The highest BCUT2D eigenvalue weighted by molar-refractivity contribution is 5.69. The molecule has 0 aliphatic rings. The van der Waals surface area contributed by atoms with Crippen molar-refractivity contribution in [2.45, 2.75) is 20.3 Å². The van der Waals surface area contributed by atoms with Gasteiger partial charge in [-0.2, -0.15) is 0 Å². The van der Waals surface area contributed by atoms with Crippen LogP contribution >= 0.6 is 0 Å². The van der Waals surface area contributed by atoms with E-state index in [2.05, 4.69) is 0 Å². The zero-order chi connectivity index (χ0) is 10.7. The lowest BCUT2D eigenvalue weighted by Gasteiger charge is -2.07. The molecule has 1 atom stereocenters. The van der Waals surface area contributed by atoms with Gasteiger partial charge >= 0.3 is 5.97 Å². The Morgan fingerprint density at radius 1 is 1.50 bits per heavy atom. The molecule has 3 nitrogen and oxygen atoms in total. The molecule has 1 aromatic carbocycles. The lowest BCUT2D eigenvalue weighted by atomic mass is 10.00. The first-order valence-corrected chi connectivity index (χ1v) is 4.52. The van der Waals surface area contributed by atoms with Crippen molar-refractivity contribution in [3.05, 3.63) is 29.3 Å². The van der Waals surface area contributed by atoms with Crippen molar-refractivity contribution >= 4 is 5.97 Å². The van der Waals surface area contributed by atoms with E-state index in [1.165, 1.54) is 0 Å². The minimum absolute atomic E-state index is 0.247. The highest BCUT2D eigenvalue weighted by atomic mass is 16.4. The Balaban J connectivity index is 2.78. The third-order valence-corrected chi connectivity index (χ3v) is 2.22. The van der Waals surface area contributed by atoms with E-state index in [9.17, 15) is 9.90 Å². The largest absolute Gasteiger partial charge is 0.508 e. The van der Waals surface area contributed by atoms with Crippen LogP contribution in [0.5, 0.6) is 5.75 Å². The molecular weight excluding hydrogens is 180 g/mol. The van der Waals surface area contributed by atoms with E-state index in [-0.39, 0.29) is 11.7 Å². The van der Waals surface area contributed by atoms with Gasteiger partial charge in [0.15, 0.2) is 0 Å². The average Bonchev–Trinajstić information content (AvgIpc) is 2.11. The van der Waals surface area contributed by atoms with Crippen molar-refractivity contribution < 1.29 is 15.0 Å². The van der Waals surface area contributed by atoms with Gasteiger partial charge in [-0.3, -0.25) is 4.79 Å². The molecule has 0 aliphatic heterocycles. The number of benzene rings is 1. The van der Waals surface area contributed by atoms with Crippen LogP contribution in [0, 0.1) is 12.8 Å². The van der Waals surface area contributed by atoms with Crippen molar-refractivity contribution in [3.8, 4) is 5.75 Å². The fourth-order valence-electron chi connectivity index (χ4n) is 1.29. The van der Waals surface area contributed by atoms with Crippen molar-refractivity contribution in [2.75, 3.05) is 0 Å². The van der Waals surface area contributed by atoms with Crippen LogP contribution in [0.4, 0.5) is 0 Å². The number of hydrogen-bond acceptors (Lipinski definition) is 2. The van der Waals surface area contributed by atoms with Gasteiger partial charge in [0.1, 0.15) is 5.75 Å². The summed E-state index contributed by atoms with van der Waals surface area (Å²) < 4.78 is 0. The molecule has 1 rings (SSSR count). The van der Waals surface area contributed by atoms with Crippen LogP contribution in [0.3, 0.4) is 0 Å². The van der Waals surface area contributed by atoms with Crippen LogP contribution in [0.25, 0.3) is 0 Å². The van der Waals surface area contributed by atoms with Gasteiger partial charge < -0.3 is 10.2 Å². The number of aromatic hydroxyl groups is 1. The van der Waals surface area contributed by atoms with Crippen LogP contribution in [0.1, 0.15) is 18.1 Å². The summed E-state index contributed by atoms with van der Waals surface area (Å²) in [6.45, 7) is 3.47. The SMILES string of the molecule is Cc1cc(CC(C)C(=O)O)ccc1O. The first-order chi connectivity index (χ1) is 6.50. The van der Waals surface area contributed by atoms with Crippen LogP contribution in [0.15, 0.2) is 18.2 Å². The van der Waals surface area contributed by atoms with Crippen molar-refractivity contribution in [3.63, 3.8) is 0 Å². The molecule has 0 saturated carbocycles. The van der Waals surface area contributed by atoms with Crippen molar-refractivity contribution in [2.24, 2.45) is 5.92 Å². The van der Waals surface area contributed by atoms with Crippen molar-refractivity contribution in [1.29, 1.82) is 0 Å². The summed E-state index contributed by atoms with van der Waals surface area (Å²) >= 11 is 0. The Kier molecular flexibility index (Phi) is 3.12. The second kappa shape index (κ2) is 4.13. The highest BCUT2D eigenvalue weighted by Crippen LogP contribution is 2.19. The lowest BCUT2D eigenvalue weighted by Crippen LogP contribution is -2.12. The zero-order valence-corrected chi connectivity index (χ0v) is 8.32. The maximum atomic E-state index is 10.6. The predicted octanol–water partition coefficient (Wildman–Crippen LogP) is 1.96. The molecule has 1 unspecified atom stereocenters. The summed E-state index contributed by atoms with van der Waals surface area (Å²) in [5, 5.41) is 18.0. The number of aliphatic carboxylic acids is 1. The number of phenolic OH excluding ortho intramolecular Hbond substituents is 1. The van der Waals surface area contributed by atoms with E-state index in [0.29, 0.717) is 6.42 Å². The second-order valence-electron chi connectivity index (χ2n) is 3.56. The topological polar surface area (TPSA) is 57.5 Å².